The van der Waals surface area contributed by atoms with Crippen molar-refractivity contribution in [3.8, 4) is 0 Å². The van der Waals surface area contributed by atoms with Crippen LogP contribution in [-0.2, 0) is 0 Å². The number of thioether (sulfide) groups is 1. The third-order valence-electron chi connectivity index (χ3n) is 2.29. The molecule has 15 heavy (non-hydrogen) atoms. The van der Waals surface area contributed by atoms with Crippen LogP contribution in [0.25, 0.3) is 0 Å². The number of nitrogens with one attached hydrogen (secondary N) is 1. The molecule has 1 aromatic carbocycles. The molecule has 1 fully saturated rings. The Kier molecular flexibility index (Phi) is 3.65. The zero-order valence-corrected chi connectivity index (χ0v) is 10.2. The first-order valence-corrected chi connectivity index (χ1v) is 6.56. The number of hydrogen-bond donors (Lipinski definition) is 1. The maximum absolute atomic E-state index is 12.9. The summed E-state index contributed by atoms with van der Waals surface area (Å²) in [5.41, 5.74) is 0.646. The van der Waals surface area contributed by atoms with Crippen molar-refractivity contribution in [2.24, 2.45) is 0 Å². The predicted molar refractivity (Wildman–Crippen MR) is 65.8 cm³/mol. The van der Waals surface area contributed by atoms with Gasteiger partial charge >= 0.3 is 0 Å². The number of rotatable bonds is 2. The zero-order chi connectivity index (χ0) is 10.8. The van der Waals surface area contributed by atoms with Crippen LogP contribution in [0, 0.1) is 5.82 Å². The van der Waals surface area contributed by atoms with E-state index in [1.807, 2.05) is 11.8 Å². The maximum atomic E-state index is 12.9. The van der Waals surface area contributed by atoms with Gasteiger partial charge in [-0.1, -0.05) is 23.2 Å². The second kappa shape index (κ2) is 4.81. The monoisotopic (exact) mass is 265 g/mol. The molecular weight excluding hydrogens is 256 g/mol. The predicted octanol–water partition coefficient (Wildman–Crippen LogP) is 4.05. The lowest BCUT2D eigenvalue weighted by atomic mass is 10.2. The van der Waals surface area contributed by atoms with E-state index >= 15 is 0 Å². The van der Waals surface area contributed by atoms with Crippen molar-refractivity contribution in [1.29, 1.82) is 0 Å². The molecule has 0 bridgehead atoms. The fourth-order valence-electron chi connectivity index (χ4n) is 1.53. The summed E-state index contributed by atoms with van der Waals surface area (Å²) in [7, 11) is 0. The van der Waals surface area contributed by atoms with Crippen LogP contribution in [0.1, 0.15) is 6.42 Å². The molecule has 5 heteroatoms. The average molecular weight is 266 g/mol. The Hall–Kier alpha value is -0.120. The van der Waals surface area contributed by atoms with Gasteiger partial charge in [0.05, 0.1) is 15.7 Å². The number of halogens is 3. The highest BCUT2D eigenvalue weighted by Crippen LogP contribution is 2.33. The van der Waals surface area contributed by atoms with Gasteiger partial charge in [-0.2, -0.15) is 11.8 Å². The molecule has 82 valence electrons. The average Bonchev–Trinajstić information content (AvgIpc) is 2.63. The first kappa shape index (κ1) is 11.4. The van der Waals surface area contributed by atoms with Crippen LogP contribution < -0.4 is 5.32 Å². The molecule has 0 spiro atoms. The van der Waals surface area contributed by atoms with Crippen molar-refractivity contribution in [2.75, 3.05) is 16.8 Å². The van der Waals surface area contributed by atoms with E-state index in [1.54, 1.807) is 0 Å². The smallest absolute Gasteiger partial charge is 0.126 e. The van der Waals surface area contributed by atoms with Gasteiger partial charge in [-0.3, -0.25) is 0 Å². The summed E-state index contributed by atoms with van der Waals surface area (Å²) in [5, 5.41) is 3.94. The summed E-state index contributed by atoms with van der Waals surface area (Å²) in [6, 6.07) is 2.94. The Morgan fingerprint density at radius 2 is 2.00 bits per heavy atom. The summed E-state index contributed by atoms with van der Waals surface area (Å²) in [6.45, 7) is 0. The van der Waals surface area contributed by atoms with Gasteiger partial charge in [0.15, 0.2) is 0 Å². The molecule has 1 aliphatic rings. The van der Waals surface area contributed by atoms with Crippen LogP contribution in [0.3, 0.4) is 0 Å². The molecule has 0 aromatic heterocycles. The lowest BCUT2D eigenvalue weighted by Crippen LogP contribution is -2.18. The largest absolute Gasteiger partial charge is 0.379 e. The molecule has 1 saturated heterocycles. The van der Waals surface area contributed by atoms with Crippen molar-refractivity contribution in [1.82, 2.24) is 0 Å². The molecule has 0 amide bonds. The Morgan fingerprint density at radius 3 is 2.53 bits per heavy atom. The molecule has 1 unspecified atom stereocenters. The van der Waals surface area contributed by atoms with Crippen LogP contribution in [0.4, 0.5) is 10.1 Å². The van der Waals surface area contributed by atoms with E-state index in [1.165, 1.54) is 12.1 Å². The van der Waals surface area contributed by atoms with Gasteiger partial charge in [0.25, 0.3) is 0 Å². The first-order chi connectivity index (χ1) is 7.16. The second-order valence-corrected chi connectivity index (χ2v) is 5.41. The van der Waals surface area contributed by atoms with Crippen LogP contribution in [-0.4, -0.2) is 17.5 Å². The normalized spacial score (nSPS) is 20.6. The second-order valence-electron chi connectivity index (χ2n) is 3.45. The standard InChI is InChI=1S/C10H10Cl2FNS/c11-8-3-6(13)4-9(12)10(8)14-7-1-2-15-5-7/h3-4,7,14H,1-2,5H2. The Balaban J connectivity index is 2.19. The van der Waals surface area contributed by atoms with E-state index in [0.717, 1.165) is 17.9 Å². The highest BCUT2D eigenvalue weighted by molar-refractivity contribution is 7.99. The Bertz CT molecular complexity index is 343. The van der Waals surface area contributed by atoms with Crippen molar-refractivity contribution in [3.05, 3.63) is 28.0 Å². The summed E-state index contributed by atoms with van der Waals surface area (Å²) in [5.74, 6) is 1.79. The van der Waals surface area contributed by atoms with Crippen LogP contribution in [0.5, 0.6) is 0 Å². The molecule has 2 rings (SSSR count). The molecule has 0 saturated carbocycles. The minimum atomic E-state index is -0.406. The van der Waals surface area contributed by atoms with Gasteiger partial charge in [-0.25, -0.2) is 4.39 Å². The first-order valence-electron chi connectivity index (χ1n) is 4.65. The zero-order valence-electron chi connectivity index (χ0n) is 7.90. The van der Waals surface area contributed by atoms with Crippen molar-refractivity contribution in [3.63, 3.8) is 0 Å². The lowest BCUT2D eigenvalue weighted by Gasteiger charge is -2.15. The number of anilines is 1. The summed E-state index contributed by atoms with van der Waals surface area (Å²) in [4.78, 5) is 0. The maximum Gasteiger partial charge on any atom is 0.126 e. The SMILES string of the molecule is Fc1cc(Cl)c(NC2CCSC2)c(Cl)c1. The quantitative estimate of drug-likeness (QED) is 0.866. The van der Waals surface area contributed by atoms with Gasteiger partial charge in [0.1, 0.15) is 5.82 Å². The lowest BCUT2D eigenvalue weighted by molar-refractivity contribution is 0.628. The highest BCUT2D eigenvalue weighted by Gasteiger charge is 2.18. The van der Waals surface area contributed by atoms with E-state index < -0.39 is 5.82 Å². The van der Waals surface area contributed by atoms with Gasteiger partial charge in [-0.05, 0) is 24.3 Å². The van der Waals surface area contributed by atoms with Crippen LogP contribution in [0.15, 0.2) is 12.1 Å². The molecule has 1 atom stereocenters. The van der Waals surface area contributed by atoms with Gasteiger partial charge < -0.3 is 5.32 Å². The van der Waals surface area contributed by atoms with Gasteiger partial charge in [0, 0.05) is 11.8 Å². The third-order valence-corrected chi connectivity index (χ3v) is 4.04. The molecule has 1 N–H and O–H groups in total. The number of hydrogen-bond acceptors (Lipinski definition) is 2. The van der Waals surface area contributed by atoms with E-state index in [0.29, 0.717) is 21.8 Å². The molecule has 1 aromatic rings. The molecule has 0 aliphatic carbocycles. The minimum Gasteiger partial charge on any atom is -0.379 e. The van der Waals surface area contributed by atoms with E-state index in [2.05, 4.69) is 5.32 Å². The summed E-state index contributed by atoms with van der Waals surface area (Å²) >= 11 is 13.7. The summed E-state index contributed by atoms with van der Waals surface area (Å²) in [6.07, 6.45) is 1.09. The van der Waals surface area contributed by atoms with Gasteiger partial charge in [-0.15, -0.1) is 0 Å². The van der Waals surface area contributed by atoms with Crippen LogP contribution in [0.2, 0.25) is 10.0 Å². The molecule has 1 nitrogen and oxygen atoms in total. The Morgan fingerprint density at radius 1 is 1.33 bits per heavy atom. The topological polar surface area (TPSA) is 12.0 Å². The minimum absolute atomic E-state index is 0.344. The summed E-state index contributed by atoms with van der Waals surface area (Å²) < 4.78 is 12.9. The fraction of sp³-hybridized carbons (Fsp3) is 0.400. The fourth-order valence-corrected chi connectivity index (χ4v) is 3.25. The van der Waals surface area contributed by atoms with E-state index in [4.69, 9.17) is 23.2 Å². The van der Waals surface area contributed by atoms with Gasteiger partial charge in [0.2, 0.25) is 0 Å². The molecular formula is C10H10Cl2FNS. The number of benzene rings is 1. The van der Waals surface area contributed by atoms with E-state index in [-0.39, 0.29) is 0 Å². The third kappa shape index (κ3) is 2.71. The van der Waals surface area contributed by atoms with Crippen LogP contribution >= 0.6 is 35.0 Å². The van der Waals surface area contributed by atoms with E-state index in [9.17, 15) is 4.39 Å². The molecule has 1 heterocycles. The highest BCUT2D eigenvalue weighted by atomic mass is 35.5. The van der Waals surface area contributed by atoms with Crippen molar-refractivity contribution < 1.29 is 4.39 Å². The molecule has 0 radical (unpaired) electrons. The van der Waals surface area contributed by atoms with Crippen molar-refractivity contribution >= 4 is 40.7 Å². The van der Waals surface area contributed by atoms with Crippen molar-refractivity contribution in [2.45, 2.75) is 12.5 Å². The Labute approximate surface area is 102 Å². The molecule has 1 aliphatic heterocycles.